The van der Waals surface area contributed by atoms with E-state index in [0.29, 0.717) is 0 Å². The third-order valence-electron chi connectivity index (χ3n) is 4.80. The van der Waals surface area contributed by atoms with Crippen LogP contribution < -0.4 is 9.80 Å². The molecule has 0 radical (unpaired) electrons. The van der Waals surface area contributed by atoms with Gasteiger partial charge in [-0.05, 0) is 17.7 Å². The summed E-state index contributed by atoms with van der Waals surface area (Å²) in [5, 5.41) is 11.7. The van der Waals surface area contributed by atoms with Crippen LogP contribution in [-0.4, -0.2) is 32.7 Å². The van der Waals surface area contributed by atoms with Crippen molar-refractivity contribution in [2.45, 2.75) is 13.5 Å². The van der Waals surface area contributed by atoms with Gasteiger partial charge in [0.1, 0.15) is 32.7 Å². The molecular formula is C19H25N3+2. The Balaban J connectivity index is 1.62. The molecule has 0 unspecified atom stereocenters. The molecule has 2 aromatic carbocycles. The second-order valence-corrected chi connectivity index (χ2v) is 6.55. The fraction of sp³-hybridized carbons (Fsp3) is 0.421. The zero-order valence-corrected chi connectivity index (χ0v) is 13.3. The Hall–Kier alpha value is -1.89. The number of hydrogen-bond acceptors (Lipinski definition) is 1. The first-order chi connectivity index (χ1) is 10.8. The molecule has 2 aromatic rings. The van der Waals surface area contributed by atoms with Gasteiger partial charge in [-0.2, -0.15) is 5.26 Å². The minimum Gasteiger partial charge on any atom is -0.325 e. The quantitative estimate of drug-likeness (QED) is 0.835. The number of hydrogen-bond donors (Lipinski definition) is 2. The molecule has 1 heterocycles. The van der Waals surface area contributed by atoms with Gasteiger partial charge in [0.25, 0.3) is 0 Å². The Morgan fingerprint density at radius 1 is 1.00 bits per heavy atom. The van der Waals surface area contributed by atoms with Gasteiger partial charge < -0.3 is 9.80 Å². The summed E-state index contributed by atoms with van der Waals surface area (Å²) in [5.41, 5.74) is 1.46. The van der Waals surface area contributed by atoms with E-state index in [9.17, 15) is 0 Å². The van der Waals surface area contributed by atoms with E-state index in [2.05, 4.69) is 48.5 Å². The van der Waals surface area contributed by atoms with Gasteiger partial charge in [-0.15, -0.1) is 0 Å². The Bertz CT molecular complexity index is 660. The number of nitriles is 1. The first-order valence-electron chi connectivity index (χ1n) is 8.29. The Morgan fingerprint density at radius 3 is 2.45 bits per heavy atom. The second kappa shape index (κ2) is 6.91. The molecule has 0 amide bonds. The summed E-state index contributed by atoms with van der Waals surface area (Å²) in [4.78, 5) is 3.26. The van der Waals surface area contributed by atoms with Crippen LogP contribution in [0.3, 0.4) is 0 Å². The van der Waals surface area contributed by atoms with Crippen LogP contribution in [0.1, 0.15) is 12.5 Å². The molecule has 0 saturated carbocycles. The topological polar surface area (TPSA) is 32.7 Å². The van der Waals surface area contributed by atoms with Crippen molar-refractivity contribution in [3.05, 3.63) is 48.0 Å². The van der Waals surface area contributed by atoms with Crippen molar-refractivity contribution in [1.29, 1.82) is 5.26 Å². The van der Waals surface area contributed by atoms with Crippen LogP contribution in [-0.2, 0) is 6.54 Å². The molecule has 2 N–H and O–H groups in total. The maximum Gasteiger partial charge on any atom is 0.127 e. The molecule has 22 heavy (non-hydrogen) atoms. The molecule has 3 nitrogen and oxygen atoms in total. The molecule has 1 fully saturated rings. The van der Waals surface area contributed by atoms with Crippen molar-refractivity contribution in [3.63, 3.8) is 0 Å². The van der Waals surface area contributed by atoms with E-state index in [0.717, 1.165) is 13.1 Å². The zero-order chi connectivity index (χ0) is 15.4. The number of rotatable bonds is 4. The van der Waals surface area contributed by atoms with Gasteiger partial charge in [0, 0.05) is 5.56 Å². The predicted octanol–water partition coefficient (Wildman–Crippen LogP) is 0.283. The summed E-state index contributed by atoms with van der Waals surface area (Å²) < 4.78 is 0. The molecule has 0 aliphatic carbocycles. The monoisotopic (exact) mass is 295 g/mol. The molecule has 0 aromatic heterocycles. The lowest BCUT2D eigenvalue weighted by Crippen LogP contribution is -3.27. The average Bonchev–Trinajstić information content (AvgIpc) is 2.57. The van der Waals surface area contributed by atoms with Gasteiger partial charge in [0.2, 0.25) is 0 Å². The number of nitrogens with one attached hydrogen (secondary N) is 2. The molecule has 1 saturated heterocycles. The largest absolute Gasteiger partial charge is 0.325 e. The van der Waals surface area contributed by atoms with E-state index in [1.54, 1.807) is 9.80 Å². The summed E-state index contributed by atoms with van der Waals surface area (Å²) in [7, 11) is 0. The van der Waals surface area contributed by atoms with E-state index in [-0.39, 0.29) is 5.92 Å². The Labute approximate surface area is 132 Å². The van der Waals surface area contributed by atoms with Crippen molar-refractivity contribution in [2.75, 3.05) is 32.7 Å². The lowest BCUT2D eigenvalue weighted by molar-refractivity contribution is -1.02. The van der Waals surface area contributed by atoms with Crippen LogP contribution in [0, 0.1) is 17.2 Å². The van der Waals surface area contributed by atoms with E-state index < -0.39 is 0 Å². The predicted molar refractivity (Wildman–Crippen MR) is 88.7 cm³/mol. The van der Waals surface area contributed by atoms with Gasteiger partial charge in [0.05, 0.1) is 18.5 Å². The van der Waals surface area contributed by atoms with Crippen LogP contribution in [0.25, 0.3) is 10.8 Å². The SMILES string of the molecule is C[C@@H](C#N)C[NH+]1CC[NH+](Cc2cccc3ccccc23)CC1. The first kappa shape index (κ1) is 15.0. The second-order valence-electron chi connectivity index (χ2n) is 6.55. The molecule has 0 bridgehead atoms. The van der Waals surface area contributed by atoms with Gasteiger partial charge in [0.15, 0.2) is 0 Å². The van der Waals surface area contributed by atoms with Crippen molar-refractivity contribution in [1.82, 2.24) is 0 Å². The zero-order valence-electron chi connectivity index (χ0n) is 13.3. The fourth-order valence-electron chi connectivity index (χ4n) is 3.53. The fourth-order valence-corrected chi connectivity index (χ4v) is 3.53. The highest BCUT2D eigenvalue weighted by Gasteiger charge is 2.24. The molecule has 3 rings (SSSR count). The van der Waals surface area contributed by atoms with Crippen LogP contribution >= 0.6 is 0 Å². The molecule has 1 atom stereocenters. The van der Waals surface area contributed by atoms with E-state index in [1.165, 1.54) is 42.5 Å². The minimum absolute atomic E-state index is 0.176. The van der Waals surface area contributed by atoms with Gasteiger partial charge in [-0.3, -0.25) is 0 Å². The van der Waals surface area contributed by atoms with Crippen molar-refractivity contribution in [2.24, 2.45) is 5.92 Å². The standard InChI is InChI=1S/C19H23N3/c1-16(13-20)14-21-9-11-22(12-10-21)15-18-7-4-6-17-5-2-3-8-19(17)18/h2-8,16H,9-12,14-15H2,1H3/p+2/t16-/m0/s1. The summed E-state index contributed by atoms with van der Waals surface area (Å²) in [6.45, 7) is 8.93. The number of benzene rings is 2. The summed E-state index contributed by atoms with van der Waals surface area (Å²) in [6, 6.07) is 17.7. The maximum absolute atomic E-state index is 8.94. The summed E-state index contributed by atoms with van der Waals surface area (Å²) >= 11 is 0. The number of piperazine rings is 1. The molecule has 1 aliphatic heterocycles. The van der Waals surface area contributed by atoms with E-state index >= 15 is 0 Å². The Kier molecular flexibility index (Phi) is 4.72. The lowest BCUT2D eigenvalue weighted by Gasteiger charge is -2.30. The molecule has 0 spiro atoms. The van der Waals surface area contributed by atoms with Crippen LogP contribution in [0.2, 0.25) is 0 Å². The molecular weight excluding hydrogens is 270 g/mol. The number of nitrogens with zero attached hydrogens (tertiary/aromatic N) is 1. The Morgan fingerprint density at radius 2 is 1.68 bits per heavy atom. The lowest BCUT2D eigenvalue weighted by atomic mass is 10.0. The number of quaternary nitrogens is 2. The van der Waals surface area contributed by atoms with Crippen molar-refractivity contribution >= 4 is 10.8 Å². The molecule has 1 aliphatic rings. The van der Waals surface area contributed by atoms with Crippen LogP contribution in [0.4, 0.5) is 0 Å². The highest BCUT2D eigenvalue weighted by molar-refractivity contribution is 5.85. The minimum atomic E-state index is 0.176. The first-order valence-corrected chi connectivity index (χ1v) is 8.29. The van der Waals surface area contributed by atoms with E-state index in [1.807, 2.05) is 6.92 Å². The van der Waals surface area contributed by atoms with Crippen molar-refractivity contribution < 1.29 is 9.80 Å². The summed E-state index contributed by atoms with van der Waals surface area (Å²) in [6.07, 6.45) is 0. The van der Waals surface area contributed by atoms with Gasteiger partial charge in [-0.1, -0.05) is 42.5 Å². The third-order valence-corrected chi connectivity index (χ3v) is 4.80. The average molecular weight is 295 g/mol. The van der Waals surface area contributed by atoms with Gasteiger partial charge >= 0.3 is 0 Å². The highest BCUT2D eigenvalue weighted by atomic mass is 15.3. The summed E-state index contributed by atoms with van der Waals surface area (Å²) in [5.74, 6) is 0.176. The van der Waals surface area contributed by atoms with Crippen LogP contribution in [0.5, 0.6) is 0 Å². The van der Waals surface area contributed by atoms with Gasteiger partial charge in [-0.25, -0.2) is 0 Å². The highest BCUT2D eigenvalue weighted by Crippen LogP contribution is 2.17. The van der Waals surface area contributed by atoms with Crippen molar-refractivity contribution in [3.8, 4) is 6.07 Å². The number of fused-ring (bicyclic) bond motifs is 1. The third kappa shape index (κ3) is 3.47. The smallest absolute Gasteiger partial charge is 0.127 e. The van der Waals surface area contributed by atoms with Crippen LogP contribution in [0.15, 0.2) is 42.5 Å². The molecule has 3 heteroatoms. The van der Waals surface area contributed by atoms with E-state index in [4.69, 9.17) is 5.26 Å². The maximum atomic E-state index is 8.94. The normalized spacial score (nSPS) is 23.1. The molecule has 114 valence electrons.